The minimum Gasteiger partial charge on any atom is -0.462 e. The van der Waals surface area contributed by atoms with Gasteiger partial charge in [-0.2, -0.15) is 0 Å². The van der Waals surface area contributed by atoms with E-state index in [1.807, 2.05) is 0 Å². The predicted molar refractivity (Wildman–Crippen MR) is 307 cm³/mol. The molecule has 12 heteroatoms. The second kappa shape index (κ2) is 56.1. The SMILES string of the molecule is CC/C=C\C/C=C\C/C=C\C/C=C\CCCCC(=O)OCC(COP(=O)(O)OCC(CO)OC(=O)CCCCCCCCCCCCCCCCC)OC(=O)CCCCCCCCC/C=C\C/C=C\CCCCC. The number of carbonyl (C=O) groups excluding carboxylic acids is 3. The van der Waals surface area contributed by atoms with Gasteiger partial charge >= 0.3 is 25.7 Å². The molecule has 2 N–H and O–H groups in total. The first-order valence-corrected chi connectivity index (χ1v) is 31.3. The summed E-state index contributed by atoms with van der Waals surface area (Å²) in [7, 11) is -4.76. The summed E-state index contributed by atoms with van der Waals surface area (Å²) >= 11 is 0. The smallest absolute Gasteiger partial charge is 0.462 e. The van der Waals surface area contributed by atoms with Crippen molar-refractivity contribution in [2.45, 2.75) is 277 Å². The number of unbranched alkanes of at least 4 members (excludes halogenated alkanes) is 26. The van der Waals surface area contributed by atoms with Gasteiger partial charge in [0.05, 0.1) is 19.8 Å². The van der Waals surface area contributed by atoms with E-state index < -0.39 is 57.8 Å². The van der Waals surface area contributed by atoms with Crippen LogP contribution in [0.25, 0.3) is 0 Å². The maximum absolute atomic E-state index is 12.9. The number of allylic oxidation sites excluding steroid dienone is 12. The molecular weight excluding hydrogens is 952 g/mol. The highest BCUT2D eigenvalue weighted by Crippen LogP contribution is 2.43. The van der Waals surface area contributed by atoms with Crippen molar-refractivity contribution in [1.82, 2.24) is 0 Å². The van der Waals surface area contributed by atoms with Gasteiger partial charge in [0.1, 0.15) is 12.7 Å². The summed E-state index contributed by atoms with van der Waals surface area (Å²) in [5, 5.41) is 9.82. The molecule has 0 aliphatic carbocycles. The average molecular weight is 1060 g/mol. The van der Waals surface area contributed by atoms with Crippen molar-refractivity contribution in [3.05, 3.63) is 72.9 Å². The van der Waals surface area contributed by atoms with Gasteiger partial charge in [-0.05, 0) is 89.9 Å². The van der Waals surface area contributed by atoms with Crippen molar-refractivity contribution in [1.29, 1.82) is 0 Å². The quantitative estimate of drug-likeness (QED) is 0.0197. The third-order valence-electron chi connectivity index (χ3n) is 12.6. The maximum Gasteiger partial charge on any atom is 0.472 e. The van der Waals surface area contributed by atoms with Gasteiger partial charge in [0, 0.05) is 19.3 Å². The van der Waals surface area contributed by atoms with Gasteiger partial charge in [0.25, 0.3) is 0 Å². The molecule has 428 valence electrons. The van der Waals surface area contributed by atoms with Gasteiger partial charge in [-0.15, -0.1) is 0 Å². The van der Waals surface area contributed by atoms with Gasteiger partial charge in [0.2, 0.25) is 0 Å². The molecule has 0 aromatic rings. The normalized spacial score (nSPS) is 13.9. The standard InChI is InChI=1S/C62H109O11P/c1-4-7-10-13-16-19-22-25-28-29-32-35-38-41-44-47-50-53-62(66)73-59(55-69-60(64)51-48-45-42-39-36-33-30-26-23-20-17-14-11-8-5-2)57-71-74(67,68)70-56-58(54-63)72-61(65)52-49-46-43-40-37-34-31-27-24-21-18-15-12-9-6-3/h8,11,16-17,19-20,25-26,28,30,36,39,58-59,63H,4-7,9-10,12-15,18,21-24,27,29,31-35,37-38,40-57H2,1-3H3,(H,67,68)/b11-8-,19-16-,20-17-,28-25-,30-26-,39-36-. The van der Waals surface area contributed by atoms with Crippen LogP contribution in [0.4, 0.5) is 0 Å². The van der Waals surface area contributed by atoms with Crippen molar-refractivity contribution < 1.29 is 52.2 Å². The number of phosphoric ester groups is 1. The largest absolute Gasteiger partial charge is 0.472 e. The highest BCUT2D eigenvalue weighted by atomic mass is 31.2. The Hall–Kier alpha value is -3.08. The molecule has 0 aromatic heterocycles. The van der Waals surface area contributed by atoms with Gasteiger partial charge in [-0.3, -0.25) is 23.4 Å². The summed E-state index contributed by atoms with van der Waals surface area (Å²) in [6.45, 7) is 4.48. The van der Waals surface area contributed by atoms with E-state index in [0.29, 0.717) is 19.3 Å². The van der Waals surface area contributed by atoms with Crippen LogP contribution in [0.5, 0.6) is 0 Å². The Morgan fingerprint density at radius 3 is 1.14 bits per heavy atom. The lowest BCUT2D eigenvalue weighted by Gasteiger charge is -2.21. The molecule has 0 spiro atoms. The van der Waals surface area contributed by atoms with Gasteiger partial charge < -0.3 is 24.2 Å². The first kappa shape index (κ1) is 70.9. The molecule has 3 atom stereocenters. The molecule has 0 amide bonds. The Morgan fingerprint density at radius 1 is 0.392 bits per heavy atom. The number of aliphatic hydroxyl groups excluding tert-OH is 1. The van der Waals surface area contributed by atoms with Gasteiger partial charge in [-0.25, -0.2) is 4.57 Å². The Balaban J connectivity index is 4.76. The third kappa shape index (κ3) is 53.7. The Kier molecular flexibility index (Phi) is 53.8. The molecule has 0 aliphatic rings. The lowest BCUT2D eigenvalue weighted by molar-refractivity contribution is -0.161. The lowest BCUT2D eigenvalue weighted by atomic mass is 10.0. The maximum atomic E-state index is 12.9. The van der Waals surface area contributed by atoms with Crippen LogP contribution >= 0.6 is 7.82 Å². The molecule has 0 aromatic carbocycles. The van der Waals surface area contributed by atoms with E-state index >= 15 is 0 Å². The number of hydrogen-bond acceptors (Lipinski definition) is 10. The Bertz CT molecular complexity index is 1520. The zero-order chi connectivity index (χ0) is 54.1. The van der Waals surface area contributed by atoms with Crippen LogP contribution in [-0.2, 0) is 42.2 Å². The van der Waals surface area contributed by atoms with Crippen LogP contribution in [0.1, 0.15) is 265 Å². The van der Waals surface area contributed by atoms with E-state index in [4.69, 9.17) is 23.3 Å². The molecule has 0 fully saturated rings. The van der Waals surface area contributed by atoms with Crippen molar-refractivity contribution in [3.63, 3.8) is 0 Å². The molecule has 0 bridgehead atoms. The lowest BCUT2D eigenvalue weighted by Crippen LogP contribution is -2.30. The van der Waals surface area contributed by atoms with Crippen LogP contribution in [-0.4, -0.2) is 66.5 Å². The summed E-state index contributed by atoms with van der Waals surface area (Å²) in [4.78, 5) is 48.6. The fourth-order valence-electron chi connectivity index (χ4n) is 8.08. The van der Waals surface area contributed by atoms with Crippen molar-refractivity contribution in [2.75, 3.05) is 26.4 Å². The highest BCUT2D eigenvalue weighted by molar-refractivity contribution is 7.47. The van der Waals surface area contributed by atoms with Crippen LogP contribution in [0.3, 0.4) is 0 Å². The predicted octanol–water partition coefficient (Wildman–Crippen LogP) is 17.7. The zero-order valence-corrected chi connectivity index (χ0v) is 48.2. The van der Waals surface area contributed by atoms with Gasteiger partial charge in [-0.1, -0.05) is 229 Å². The summed E-state index contributed by atoms with van der Waals surface area (Å²) in [5.41, 5.74) is 0. The number of ether oxygens (including phenoxy) is 3. The molecule has 3 unspecified atom stereocenters. The molecule has 0 saturated carbocycles. The highest BCUT2D eigenvalue weighted by Gasteiger charge is 2.28. The first-order chi connectivity index (χ1) is 36.2. The van der Waals surface area contributed by atoms with Crippen LogP contribution < -0.4 is 0 Å². The molecule has 0 rings (SSSR count). The summed E-state index contributed by atoms with van der Waals surface area (Å²) in [6.07, 6.45) is 62.8. The topological polar surface area (TPSA) is 155 Å². The Morgan fingerprint density at radius 2 is 0.703 bits per heavy atom. The number of rotatable bonds is 55. The minimum atomic E-state index is -4.76. The molecular formula is C62H109O11P. The number of aliphatic hydroxyl groups is 1. The zero-order valence-electron chi connectivity index (χ0n) is 47.3. The Labute approximate surface area is 452 Å². The first-order valence-electron chi connectivity index (χ1n) is 29.8. The van der Waals surface area contributed by atoms with E-state index in [-0.39, 0.29) is 25.9 Å². The minimum absolute atomic E-state index is 0.149. The fraction of sp³-hybridized carbons (Fsp3) is 0.758. The number of carbonyl (C=O) groups is 3. The average Bonchev–Trinajstić information content (AvgIpc) is 3.39. The van der Waals surface area contributed by atoms with E-state index in [1.165, 1.54) is 109 Å². The summed E-state index contributed by atoms with van der Waals surface area (Å²) in [6, 6.07) is 0. The fourth-order valence-corrected chi connectivity index (χ4v) is 8.87. The third-order valence-corrected chi connectivity index (χ3v) is 13.6. The van der Waals surface area contributed by atoms with Crippen LogP contribution in [0.15, 0.2) is 72.9 Å². The van der Waals surface area contributed by atoms with Crippen molar-refractivity contribution in [2.24, 2.45) is 0 Å². The molecule has 74 heavy (non-hydrogen) atoms. The molecule has 0 aliphatic heterocycles. The number of esters is 3. The summed E-state index contributed by atoms with van der Waals surface area (Å²) < 4.78 is 39.5. The summed E-state index contributed by atoms with van der Waals surface area (Å²) in [5.74, 6) is -1.52. The van der Waals surface area contributed by atoms with Gasteiger partial charge in [0.15, 0.2) is 6.10 Å². The van der Waals surface area contributed by atoms with E-state index in [0.717, 1.165) is 96.3 Å². The molecule has 0 heterocycles. The monoisotopic (exact) mass is 1060 g/mol. The number of phosphoric acid groups is 1. The van der Waals surface area contributed by atoms with Crippen LogP contribution in [0, 0.1) is 0 Å². The van der Waals surface area contributed by atoms with Crippen LogP contribution in [0.2, 0.25) is 0 Å². The van der Waals surface area contributed by atoms with Crippen molar-refractivity contribution >= 4 is 25.7 Å². The second-order valence-electron chi connectivity index (χ2n) is 19.8. The second-order valence-corrected chi connectivity index (χ2v) is 21.2. The van der Waals surface area contributed by atoms with E-state index in [1.54, 1.807) is 0 Å². The molecule has 0 saturated heterocycles. The number of hydrogen-bond donors (Lipinski definition) is 2. The molecule has 11 nitrogen and oxygen atoms in total. The van der Waals surface area contributed by atoms with E-state index in [2.05, 4.69) is 93.7 Å². The van der Waals surface area contributed by atoms with Crippen molar-refractivity contribution in [3.8, 4) is 0 Å². The van der Waals surface area contributed by atoms with E-state index in [9.17, 15) is 28.9 Å². The molecule has 0 radical (unpaired) electrons.